The minimum atomic E-state index is -0.135. The zero-order valence-corrected chi connectivity index (χ0v) is 11.4. The van der Waals surface area contributed by atoms with Crippen LogP contribution in [0.3, 0.4) is 0 Å². The number of aliphatic hydroxyl groups excluding tert-OH is 1. The van der Waals surface area contributed by atoms with E-state index in [0.717, 1.165) is 12.8 Å². The molecule has 3 atom stereocenters. The maximum atomic E-state index is 10.3. The average molecular weight is 232 g/mol. The highest BCUT2D eigenvalue weighted by atomic mass is 16.3. The van der Waals surface area contributed by atoms with Gasteiger partial charge in [0.1, 0.15) is 0 Å². The minimum absolute atomic E-state index is 0.106. The Bertz CT molecular complexity index is 375. The largest absolute Gasteiger partial charge is 0.392 e. The number of hydrogen-bond acceptors (Lipinski definition) is 1. The molecule has 1 heteroatoms. The van der Waals surface area contributed by atoms with Gasteiger partial charge in [-0.05, 0) is 37.2 Å². The van der Waals surface area contributed by atoms with Crippen molar-refractivity contribution in [3.8, 4) is 0 Å². The lowest BCUT2D eigenvalue weighted by molar-refractivity contribution is -0.142. The molecule has 1 aliphatic carbocycles. The lowest BCUT2D eigenvalue weighted by atomic mass is 9.48. The summed E-state index contributed by atoms with van der Waals surface area (Å²) >= 11 is 0. The van der Waals surface area contributed by atoms with E-state index in [-0.39, 0.29) is 11.5 Å². The van der Waals surface area contributed by atoms with Crippen molar-refractivity contribution in [1.82, 2.24) is 0 Å². The summed E-state index contributed by atoms with van der Waals surface area (Å²) in [7, 11) is 0. The van der Waals surface area contributed by atoms with Crippen molar-refractivity contribution in [3.63, 3.8) is 0 Å². The second-order valence-corrected chi connectivity index (χ2v) is 5.63. The van der Waals surface area contributed by atoms with E-state index in [1.54, 1.807) is 0 Å². The monoisotopic (exact) mass is 232 g/mol. The second-order valence-electron chi connectivity index (χ2n) is 5.63. The van der Waals surface area contributed by atoms with Crippen LogP contribution < -0.4 is 0 Å². The Morgan fingerprint density at radius 1 is 1.12 bits per heavy atom. The molecule has 94 valence electrons. The first-order valence-corrected chi connectivity index (χ1v) is 6.81. The second kappa shape index (κ2) is 4.45. The zero-order valence-electron chi connectivity index (χ0n) is 11.4. The zero-order chi connectivity index (χ0) is 12.6. The van der Waals surface area contributed by atoms with E-state index in [2.05, 4.69) is 52.0 Å². The van der Waals surface area contributed by atoms with Crippen LogP contribution in [0.2, 0.25) is 0 Å². The third kappa shape index (κ3) is 1.72. The van der Waals surface area contributed by atoms with Gasteiger partial charge in [0, 0.05) is 5.41 Å². The summed E-state index contributed by atoms with van der Waals surface area (Å²) in [5.74, 6) is 0.908. The van der Waals surface area contributed by atoms with Crippen LogP contribution in [0.5, 0.6) is 0 Å². The Kier molecular flexibility index (Phi) is 3.31. The highest BCUT2D eigenvalue weighted by Crippen LogP contribution is 2.60. The van der Waals surface area contributed by atoms with Crippen molar-refractivity contribution in [3.05, 3.63) is 35.4 Å². The maximum absolute atomic E-state index is 10.3. The molecule has 1 nitrogen and oxygen atoms in total. The van der Waals surface area contributed by atoms with Crippen LogP contribution in [0.1, 0.15) is 50.7 Å². The first-order valence-electron chi connectivity index (χ1n) is 6.81. The number of hydrogen-bond donors (Lipinski definition) is 1. The minimum Gasteiger partial charge on any atom is -0.392 e. The van der Waals surface area contributed by atoms with E-state index >= 15 is 0 Å². The molecule has 0 radical (unpaired) electrons. The van der Waals surface area contributed by atoms with Gasteiger partial charge >= 0.3 is 0 Å². The van der Waals surface area contributed by atoms with Crippen LogP contribution in [0, 0.1) is 18.3 Å². The summed E-state index contributed by atoms with van der Waals surface area (Å²) in [5.41, 5.74) is 2.81. The summed E-state index contributed by atoms with van der Waals surface area (Å²) in [5, 5.41) is 10.3. The molecule has 0 aliphatic heterocycles. The van der Waals surface area contributed by atoms with Crippen LogP contribution in [-0.2, 0) is 0 Å². The van der Waals surface area contributed by atoms with Gasteiger partial charge in [-0.3, -0.25) is 0 Å². The number of aliphatic hydroxyl groups is 1. The molecule has 1 saturated carbocycles. The van der Waals surface area contributed by atoms with Gasteiger partial charge < -0.3 is 5.11 Å². The van der Waals surface area contributed by atoms with Crippen molar-refractivity contribution < 1.29 is 5.11 Å². The Morgan fingerprint density at radius 3 is 2.12 bits per heavy atom. The molecule has 1 aromatic rings. The van der Waals surface area contributed by atoms with E-state index in [4.69, 9.17) is 0 Å². The van der Waals surface area contributed by atoms with Crippen molar-refractivity contribution in [2.75, 3.05) is 0 Å². The van der Waals surface area contributed by atoms with Crippen LogP contribution in [0.25, 0.3) is 0 Å². The van der Waals surface area contributed by atoms with Crippen molar-refractivity contribution >= 4 is 0 Å². The van der Waals surface area contributed by atoms with Gasteiger partial charge in [0.2, 0.25) is 0 Å². The van der Waals surface area contributed by atoms with Gasteiger partial charge in [-0.2, -0.15) is 0 Å². The SMILES string of the molecule is CCC1(CC)C(O)C(C)C1c1ccc(C)cc1. The standard InChI is InChI=1S/C16H24O/c1-5-16(6-2)14(12(4)15(16)17)13-9-7-11(3)8-10-13/h7-10,12,14-15,17H,5-6H2,1-4H3. The quantitative estimate of drug-likeness (QED) is 0.838. The molecule has 0 spiro atoms. The van der Waals surface area contributed by atoms with Crippen molar-refractivity contribution in [2.24, 2.45) is 11.3 Å². The fraction of sp³-hybridized carbons (Fsp3) is 0.625. The molecule has 0 saturated heterocycles. The number of benzene rings is 1. The van der Waals surface area contributed by atoms with E-state index < -0.39 is 0 Å². The topological polar surface area (TPSA) is 20.2 Å². The normalized spacial score (nSPS) is 31.0. The number of rotatable bonds is 3. The molecule has 17 heavy (non-hydrogen) atoms. The van der Waals surface area contributed by atoms with Gasteiger partial charge in [-0.1, -0.05) is 50.6 Å². The van der Waals surface area contributed by atoms with Crippen molar-refractivity contribution in [1.29, 1.82) is 0 Å². The smallest absolute Gasteiger partial charge is 0.0633 e. The molecule has 2 rings (SSSR count). The highest BCUT2D eigenvalue weighted by Gasteiger charge is 2.57. The molecule has 1 aliphatic rings. The number of aryl methyl sites for hydroxylation is 1. The third-order valence-corrected chi connectivity index (χ3v) is 4.99. The molecule has 1 aromatic carbocycles. The molecular formula is C16H24O. The molecule has 0 amide bonds. The fourth-order valence-electron chi connectivity index (χ4n) is 3.81. The van der Waals surface area contributed by atoms with E-state index in [9.17, 15) is 5.11 Å². The molecule has 0 bridgehead atoms. The Morgan fingerprint density at radius 2 is 1.65 bits per heavy atom. The Hall–Kier alpha value is -0.820. The first-order chi connectivity index (χ1) is 8.06. The first kappa shape index (κ1) is 12.6. The molecule has 0 aromatic heterocycles. The summed E-state index contributed by atoms with van der Waals surface area (Å²) < 4.78 is 0. The molecule has 0 heterocycles. The summed E-state index contributed by atoms with van der Waals surface area (Å²) in [6.07, 6.45) is 1.99. The predicted molar refractivity (Wildman–Crippen MR) is 72.1 cm³/mol. The summed E-state index contributed by atoms with van der Waals surface area (Å²) in [6, 6.07) is 8.84. The van der Waals surface area contributed by atoms with E-state index in [0.29, 0.717) is 11.8 Å². The van der Waals surface area contributed by atoms with Gasteiger partial charge in [-0.15, -0.1) is 0 Å². The van der Waals surface area contributed by atoms with Gasteiger partial charge in [0.15, 0.2) is 0 Å². The molecule has 1 N–H and O–H groups in total. The molecule has 1 fully saturated rings. The van der Waals surface area contributed by atoms with E-state index in [1.807, 2.05) is 0 Å². The van der Waals surface area contributed by atoms with Gasteiger partial charge in [-0.25, -0.2) is 0 Å². The van der Waals surface area contributed by atoms with Crippen LogP contribution in [0.4, 0.5) is 0 Å². The van der Waals surface area contributed by atoms with Crippen LogP contribution in [0.15, 0.2) is 24.3 Å². The molecular weight excluding hydrogens is 208 g/mol. The van der Waals surface area contributed by atoms with Gasteiger partial charge in [0.25, 0.3) is 0 Å². The van der Waals surface area contributed by atoms with Gasteiger partial charge in [0.05, 0.1) is 6.10 Å². The highest BCUT2D eigenvalue weighted by molar-refractivity contribution is 5.31. The van der Waals surface area contributed by atoms with Crippen molar-refractivity contribution in [2.45, 2.75) is 52.6 Å². The van der Waals surface area contributed by atoms with Crippen LogP contribution in [-0.4, -0.2) is 11.2 Å². The third-order valence-electron chi connectivity index (χ3n) is 4.99. The van der Waals surface area contributed by atoms with Crippen LogP contribution >= 0.6 is 0 Å². The lowest BCUT2D eigenvalue weighted by Crippen LogP contribution is -2.57. The maximum Gasteiger partial charge on any atom is 0.0633 e. The Labute approximate surface area is 105 Å². The summed E-state index contributed by atoms with van der Waals surface area (Å²) in [6.45, 7) is 8.72. The predicted octanol–water partition coefficient (Wildman–Crippen LogP) is 3.90. The lowest BCUT2D eigenvalue weighted by Gasteiger charge is -2.58. The fourth-order valence-corrected chi connectivity index (χ4v) is 3.81. The molecule has 3 unspecified atom stereocenters. The van der Waals surface area contributed by atoms with E-state index in [1.165, 1.54) is 11.1 Å². The summed E-state index contributed by atoms with van der Waals surface area (Å²) in [4.78, 5) is 0. The average Bonchev–Trinajstić information content (AvgIpc) is 2.36. The Balaban J connectivity index is 2.34.